The van der Waals surface area contributed by atoms with Crippen LogP contribution in [0.2, 0.25) is 0 Å². The molecule has 3 rings (SSSR count). The number of rotatable bonds is 3. The summed E-state index contributed by atoms with van der Waals surface area (Å²) in [7, 11) is 0. The summed E-state index contributed by atoms with van der Waals surface area (Å²) in [5.41, 5.74) is 1.35. The molecule has 2 aliphatic carbocycles. The van der Waals surface area contributed by atoms with Gasteiger partial charge in [-0.2, -0.15) is 0 Å². The Morgan fingerprint density at radius 1 is 0.588 bits per heavy atom. The highest BCUT2D eigenvalue weighted by atomic mass is 14.2. The molecule has 17 heavy (non-hydrogen) atoms. The van der Waals surface area contributed by atoms with Crippen LogP contribution in [0.15, 0.2) is 30.3 Å². The van der Waals surface area contributed by atoms with Gasteiger partial charge in [0.25, 0.3) is 0 Å². The molecule has 0 amide bonds. The normalized spacial score (nSPS) is 22.1. The quantitative estimate of drug-likeness (QED) is 0.680. The van der Waals surface area contributed by atoms with E-state index in [1.54, 1.807) is 0 Å². The van der Waals surface area contributed by atoms with Gasteiger partial charge in [-0.1, -0.05) is 35.8 Å². The van der Waals surface area contributed by atoms with Crippen LogP contribution in [0.3, 0.4) is 0 Å². The maximum Gasteiger partial charge on any atom is 0.189 e. The minimum Gasteiger partial charge on any atom is -0.0788 e. The van der Waals surface area contributed by atoms with E-state index in [1.807, 2.05) is 0 Å². The summed E-state index contributed by atoms with van der Waals surface area (Å²) < 4.78 is 0. The summed E-state index contributed by atoms with van der Waals surface area (Å²) in [6, 6.07) is 10.7. The zero-order chi connectivity index (χ0) is 11.5. The SMILES string of the molecule is [CH]1[CH][CH][C](B([C]2[CH][CH][CH][CH]2)c2ccccc2)[CH]1. The van der Waals surface area contributed by atoms with E-state index >= 15 is 0 Å². The second-order valence-electron chi connectivity index (χ2n) is 4.28. The topological polar surface area (TPSA) is 0 Å². The van der Waals surface area contributed by atoms with Gasteiger partial charge in [0, 0.05) is 0 Å². The first-order valence-electron chi connectivity index (χ1n) is 5.93. The predicted octanol–water partition coefficient (Wildman–Crippen LogP) is 2.28. The summed E-state index contributed by atoms with van der Waals surface area (Å²) in [6.45, 7) is 0.362. The highest BCUT2D eigenvalue weighted by molar-refractivity contribution is 6.85. The fourth-order valence-electron chi connectivity index (χ4n) is 2.39. The Balaban J connectivity index is 1.84. The summed E-state index contributed by atoms with van der Waals surface area (Å²) in [4.78, 5) is 0. The second kappa shape index (κ2) is 5.29. The minimum atomic E-state index is 0.362. The van der Waals surface area contributed by atoms with Gasteiger partial charge in [0.2, 0.25) is 0 Å². The maximum absolute atomic E-state index is 2.20. The number of benzene rings is 1. The van der Waals surface area contributed by atoms with Crippen LogP contribution < -0.4 is 5.46 Å². The lowest BCUT2D eigenvalue weighted by atomic mass is 9.30. The van der Waals surface area contributed by atoms with Crippen molar-refractivity contribution >= 4 is 12.2 Å². The molecule has 10 radical (unpaired) electrons. The van der Waals surface area contributed by atoms with Gasteiger partial charge in [0.1, 0.15) is 0 Å². The lowest BCUT2D eigenvalue weighted by molar-refractivity contribution is 1.39. The van der Waals surface area contributed by atoms with Crippen LogP contribution in [0.4, 0.5) is 0 Å². The molecule has 0 aliphatic heterocycles. The van der Waals surface area contributed by atoms with E-state index < -0.39 is 0 Å². The van der Waals surface area contributed by atoms with Crippen molar-refractivity contribution < 1.29 is 0 Å². The molecule has 0 nitrogen and oxygen atoms in total. The first kappa shape index (κ1) is 11.4. The van der Waals surface area contributed by atoms with Crippen LogP contribution in [0.5, 0.6) is 0 Å². The van der Waals surface area contributed by atoms with Crippen molar-refractivity contribution in [3.63, 3.8) is 0 Å². The Kier molecular flexibility index (Phi) is 3.54. The van der Waals surface area contributed by atoms with E-state index in [9.17, 15) is 0 Å². The van der Waals surface area contributed by atoms with Crippen molar-refractivity contribution in [2.45, 2.75) is 0 Å². The molecule has 2 aliphatic rings. The molecule has 0 atom stereocenters. The van der Waals surface area contributed by atoms with Crippen LogP contribution in [-0.2, 0) is 0 Å². The van der Waals surface area contributed by atoms with Crippen molar-refractivity contribution in [3.05, 3.63) is 93.3 Å². The van der Waals surface area contributed by atoms with Gasteiger partial charge in [-0.25, -0.2) is 0 Å². The predicted molar refractivity (Wildman–Crippen MR) is 72.7 cm³/mol. The average Bonchev–Trinajstić information content (AvgIpc) is 3.04. The van der Waals surface area contributed by atoms with Crippen LogP contribution in [-0.4, -0.2) is 6.71 Å². The Bertz CT molecular complexity index is 318. The van der Waals surface area contributed by atoms with E-state index in [0.717, 1.165) is 0 Å². The maximum atomic E-state index is 2.20. The molecule has 0 aromatic heterocycles. The van der Waals surface area contributed by atoms with Gasteiger partial charge in [-0.05, 0) is 63.0 Å². The first-order valence-corrected chi connectivity index (χ1v) is 5.93. The molecule has 0 spiro atoms. The molecule has 0 heterocycles. The van der Waals surface area contributed by atoms with Gasteiger partial charge in [0.15, 0.2) is 6.71 Å². The summed E-state index contributed by atoms with van der Waals surface area (Å²) in [6.07, 6.45) is 17.2. The molecule has 1 aromatic carbocycles. The molecule has 1 aromatic rings. The van der Waals surface area contributed by atoms with Crippen molar-refractivity contribution in [3.8, 4) is 0 Å². The van der Waals surface area contributed by atoms with E-state index in [4.69, 9.17) is 0 Å². The minimum absolute atomic E-state index is 0.362. The molecule has 0 saturated heterocycles. The van der Waals surface area contributed by atoms with E-state index in [0.29, 0.717) is 6.71 Å². The summed E-state index contributed by atoms with van der Waals surface area (Å²) in [5, 5.41) is 0. The molecular weight excluding hydrogens is 203 g/mol. The monoisotopic (exact) mass is 216 g/mol. The van der Waals surface area contributed by atoms with Crippen LogP contribution in [0.25, 0.3) is 0 Å². The summed E-state index contributed by atoms with van der Waals surface area (Å²) >= 11 is 0. The third kappa shape index (κ3) is 2.43. The average molecular weight is 216 g/mol. The van der Waals surface area contributed by atoms with Crippen LogP contribution >= 0.6 is 0 Å². The van der Waals surface area contributed by atoms with Crippen LogP contribution in [0.1, 0.15) is 0 Å². The van der Waals surface area contributed by atoms with Crippen molar-refractivity contribution in [1.29, 1.82) is 0 Å². The second-order valence-corrected chi connectivity index (χ2v) is 4.28. The molecule has 0 bridgehead atoms. The van der Waals surface area contributed by atoms with Gasteiger partial charge in [0.05, 0.1) is 0 Å². The third-order valence-electron chi connectivity index (χ3n) is 3.18. The van der Waals surface area contributed by atoms with Gasteiger partial charge < -0.3 is 0 Å². The Labute approximate surface area is 106 Å². The lowest BCUT2D eigenvalue weighted by Crippen LogP contribution is -2.42. The van der Waals surface area contributed by atoms with Crippen LogP contribution in [0, 0.1) is 63.0 Å². The highest BCUT2D eigenvalue weighted by Crippen LogP contribution is 2.35. The largest absolute Gasteiger partial charge is 0.189 e. The van der Waals surface area contributed by atoms with Gasteiger partial charge in [-0.3, -0.25) is 0 Å². The van der Waals surface area contributed by atoms with Crippen molar-refractivity contribution in [2.24, 2.45) is 0 Å². The molecule has 2 fully saturated rings. The molecule has 80 valence electrons. The van der Waals surface area contributed by atoms with E-state index in [2.05, 4.69) is 81.7 Å². The Morgan fingerprint density at radius 3 is 1.53 bits per heavy atom. The van der Waals surface area contributed by atoms with Gasteiger partial charge >= 0.3 is 0 Å². The number of hydrogen-bond donors (Lipinski definition) is 0. The van der Waals surface area contributed by atoms with Gasteiger partial charge in [-0.15, -0.1) is 0 Å². The lowest BCUT2D eigenvalue weighted by Gasteiger charge is -2.25. The zero-order valence-electron chi connectivity index (χ0n) is 9.58. The smallest absolute Gasteiger partial charge is 0.0788 e. The fraction of sp³-hybridized carbons (Fsp3) is 0. The summed E-state index contributed by atoms with van der Waals surface area (Å²) in [5.74, 6) is 2.73. The molecular formula is C16H13B. The molecule has 1 heteroatoms. The molecule has 0 N–H and O–H groups in total. The standard InChI is InChI=1S/C16H13B/c1-2-8-14(9-3-1)17(15-10-4-5-11-15)16-12-6-7-13-16/h1-13H. The highest BCUT2D eigenvalue weighted by Gasteiger charge is 2.38. The fourth-order valence-corrected chi connectivity index (χ4v) is 2.39. The molecule has 0 unspecified atom stereocenters. The number of hydrogen-bond acceptors (Lipinski definition) is 0. The zero-order valence-corrected chi connectivity index (χ0v) is 9.58. The first-order chi connectivity index (χ1) is 8.45. The van der Waals surface area contributed by atoms with Crippen molar-refractivity contribution in [2.75, 3.05) is 0 Å². The Morgan fingerprint density at radius 2 is 1.06 bits per heavy atom. The third-order valence-corrected chi connectivity index (χ3v) is 3.18. The van der Waals surface area contributed by atoms with E-state index in [1.165, 1.54) is 17.1 Å². The molecule has 2 saturated carbocycles. The Hall–Kier alpha value is -0.715. The van der Waals surface area contributed by atoms with E-state index in [-0.39, 0.29) is 0 Å². The van der Waals surface area contributed by atoms with Crippen molar-refractivity contribution in [1.82, 2.24) is 0 Å².